The van der Waals surface area contributed by atoms with Crippen molar-refractivity contribution in [2.45, 2.75) is 46.7 Å². The predicted molar refractivity (Wildman–Crippen MR) is 96.4 cm³/mol. The molecule has 0 aliphatic rings. The van der Waals surface area contributed by atoms with Crippen LogP contribution in [0.15, 0.2) is 24.3 Å². The highest BCUT2D eigenvalue weighted by molar-refractivity contribution is 7.15. The number of hydrogen-bond acceptors (Lipinski definition) is 4. The topological polar surface area (TPSA) is 68.0 Å². The molecule has 1 heterocycles. The molecule has 0 bridgehead atoms. The van der Waals surface area contributed by atoms with Gasteiger partial charge in [-0.3, -0.25) is 4.79 Å². The van der Waals surface area contributed by atoms with Crippen LogP contribution in [-0.4, -0.2) is 16.9 Å². The number of hydrogen-bond donors (Lipinski definition) is 2. The van der Waals surface area contributed by atoms with Crippen LogP contribution < -0.4 is 11.1 Å². The quantitative estimate of drug-likeness (QED) is 0.880. The number of nitrogens with two attached hydrogens (primary N) is 1. The average molecular weight is 331 g/mol. The Morgan fingerprint density at radius 2 is 1.78 bits per heavy atom. The van der Waals surface area contributed by atoms with E-state index in [2.05, 4.69) is 41.5 Å². The summed E-state index contributed by atoms with van der Waals surface area (Å²) in [7, 11) is 0. The van der Waals surface area contributed by atoms with E-state index in [-0.39, 0.29) is 23.9 Å². The number of benzene rings is 1. The molecule has 0 aliphatic carbocycles. The van der Waals surface area contributed by atoms with E-state index < -0.39 is 0 Å². The Labute approximate surface area is 142 Å². The molecule has 2 rings (SSSR count). The lowest BCUT2D eigenvalue weighted by Gasteiger charge is -2.19. The van der Waals surface area contributed by atoms with Crippen LogP contribution in [0.25, 0.3) is 10.6 Å². The van der Waals surface area contributed by atoms with Crippen molar-refractivity contribution >= 4 is 17.2 Å². The Morgan fingerprint density at radius 1 is 1.17 bits per heavy atom. The average Bonchev–Trinajstić information content (AvgIpc) is 2.89. The summed E-state index contributed by atoms with van der Waals surface area (Å²) >= 11 is 1.63. The third kappa shape index (κ3) is 4.18. The summed E-state index contributed by atoms with van der Waals surface area (Å²) in [4.78, 5) is 17.9. The van der Waals surface area contributed by atoms with Gasteiger partial charge in [-0.05, 0) is 27.7 Å². The van der Waals surface area contributed by atoms with E-state index in [1.807, 2.05) is 27.7 Å². The largest absolute Gasteiger partial charge is 0.348 e. The first-order valence-electron chi connectivity index (χ1n) is 7.90. The normalized spacial score (nSPS) is 15.0. The first-order chi connectivity index (χ1) is 10.8. The Hall–Kier alpha value is -1.72. The van der Waals surface area contributed by atoms with E-state index in [0.29, 0.717) is 0 Å². The minimum absolute atomic E-state index is 0.0165. The Balaban J connectivity index is 2.17. The standard InChI is InChI=1S/C18H25N3OS/c1-10-6-8-15(9-7-10)18-21-14(5)16(23-18)13(4)20-17(22)11(2)12(3)19/h6-9,11-13H,19H2,1-5H3,(H,20,22). The van der Waals surface area contributed by atoms with E-state index in [0.717, 1.165) is 21.1 Å². The zero-order chi connectivity index (χ0) is 17.1. The van der Waals surface area contributed by atoms with Gasteiger partial charge in [-0.2, -0.15) is 0 Å². The minimum atomic E-state index is -0.206. The highest BCUT2D eigenvalue weighted by Gasteiger charge is 2.22. The predicted octanol–water partition coefficient (Wildman–Crippen LogP) is 3.59. The zero-order valence-electron chi connectivity index (χ0n) is 14.4. The lowest BCUT2D eigenvalue weighted by Crippen LogP contribution is -2.39. The summed E-state index contributed by atoms with van der Waals surface area (Å²) in [6.45, 7) is 9.75. The van der Waals surface area contributed by atoms with Crippen molar-refractivity contribution in [3.05, 3.63) is 40.4 Å². The number of amides is 1. The summed E-state index contributed by atoms with van der Waals surface area (Å²) in [5, 5.41) is 4.03. The maximum Gasteiger partial charge on any atom is 0.224 e. The molecule has 23 heavy (non-hydrogen) atoms. The van der Waals surface area contributed by atoms with Gasteiger partial charge in [-0.1, -0.05) is 36.8 Å². The number of nitrogens with zero attached hydrogens (tertiary/aromatic N) is 1. The second kappa shape index (κ2) is 7.23. The second-order valence-electron chi connectivity index (χ2n) is 6.21. The van der Waals surface area contributed by atoms with Gasteiger partial charge >= 0.3 is 0 Å². The number of rotatable bonds is 5. The van der Waals surface area contributed by atoms with Gasteiger partial charge in [0, 0.05) is 17.5 Å². The first-order valence-corrected chi connectivity index (χ1v) is 8.71. The number of aryl methyl sites for hydroxylation is 2. The molecule has 4 nitrogen and oxygen atoms in total. The molecule has 5 heteroatoms. The molecule has 2 aromatic rings. The van der Waals surface area contributed by atoms with Gasteiger partial charge < -0.3 is 11.1 Å². The van der Waals surface area contributed by atoms with E-state index in [4.69, 9.17) is 5.73 Å². The number of nitrogens with one attached hydrogen (secondary N) is 1. The summed E-state index contributed by atoms with van der Waals surface area (Å²) in [5.41, 5.74) is 9.11. The van der Waals surface area contributed by atoms with E-state index in [1.54, 1.807) is 11.3 Å². The molecule has 0 spiro atoms. The van der Waals surface area contributed by atoms with Crippen LogP contribution in [0.3, 0.4) is 0 Å². The molecular formula is C18H25N3OS. The molecule has 1 aromatic heterocycles. The fraction of sp³-hybridized carbons (Fsp3) is 0.444. The van der Waals surface area contributed by atoms with Gasteiger partial charge in [0.15, 0.2) is 0 Å². The van der Waals surface area contributed by atoms with Gasteiger partial charge in [0.1, 0.15) is 5.01 Å². The molecule has 3 unspecified atom stereocenters. The van der Waals surface area contributed by atoms with Crippen molar-refractivity contribution in [3.8, 4) is 10.6 Å². The highest BCUT2D eigenvalue weighted by Crippen LogP contribution is 2.32. The van der Waals surface area contributed by atoms with Crippen LogP contribution in [0.4, 0.5) is 0 Å². The summed E-state index contributed by atoms with van der Waals surface area (Å²) in [6, 6.07) is 8.11. The van der Waals surface area contributed by atoms with Crippen molar-refractivity contribution in [1.29, 1.82) is 0 Å². The van der Waals surface area contributed by atoms with Crippen LogP contribution in [0, 0.1) is 19.8 Å². The smallest absolute Gasteiger partial charge is 0.224 e. The lowest BCUT2D eigenvalue weighted by molar-refractivity contribution is -0.125. The molecule has 0 fully saturated rings. The van der Waals surface area contributed by atoms with Gasteiger partial charge in [0.2, 0.25) is 5.91 Å². The van der Waals surface area contributed by atoms with Gasteiger partial charge in [-0.15, -0.1) is 11.3 Å². The monoisotopic (exact) mass is 331 g/mol. The van der Waals surface area contributed by atoms with E-state index in [1.165, 1.54) is 5.56 Å². The SMILES string of the molecule is Cc1ccc(-c2nc(C)c(C(C)NC(=O)C(C)C(C)N)s2)cc1. The lowest BCUT2D eigenvalue weighted by atomic mass is 10.0. The minimum Gasteiger partial charge on any atom is -0.348 e. The molecule has 3 N–H and O–H groups in total. The second-order valence-corrected chi connectivity index (χ2v) is 7.24. The maximum atomic E-state index is 12.2. The van der Waals surface area contributed by atoms with Gasteiger partial charge in [0.05, 0.1) is 16.6 Å². The fourth-order valence-corrected chi connectivity index (χ4v) is 3.35. The molecule has 124 valence electrons. The first kappa shape index (κ1) is 17.6. The van der Waals surface area contributed by atoms with Crippen molar-refractivity contribution < 1.29 is 4.79 Å². The van der Waals surface area contributed by atoms with Crippen LogP contribution in [0.1, 0.15) is 42.9 Å². The van der Waals surface area contributed by atoms with Crippen LogP contribution in [0.2, 0.25) is 0 Å². The van der Waals surface area contributed by atoms with Gasteiger partial charge in [-0.25, -0.2) is 4.98 Å². The number of aromatic nitrogens is 1. The van der Waals surface area contributed by atoms with Crippen LogP contribution in [0.5, 0.6) is 0 Å². The molecule has 1 amide bonds. The third-order valence-corrected chi connectivity index (χ3v) is 5.47. The number of thiazole rings is 1. The van der Waals surface area contributed by atoms with E-state index >= 15 is 0 Å². The molecule has 3 atom stereocenters. The Morgan fingerprint density at radius 3 is 2.35 bits per heavy atom. The molecule has 0 radical (unpaired) electrons. The molecule has 0 saturated carbocycles. The fourth-order valence-electron chi connectivity index (χ4n) is 2.28. The van der Waals surface area contributed by atoms with Crippen molar-refractivity contribution in [2.24, 2.45) is 11.7 Å². The molecule has 1 aromatic carbocycles. The van der Waals surface area contributed by atoms with E-state index in [9.17, 15) is 4.79 Å². The van der Waals surface area contributed by atoms with Crippen molar-refractivity contribution in [3.63, 3.8) is 0 Å². The van der Waals surface area contributed by atoms with Gasteiger partial charge in [0.25, 0.3) is 0 Å². The van der Waals surface area contributed by atoms with Crippen molar-refractivity contribution in [2.75, 3.05) is 0 Å². The summed E-state index contributed by atoms with van der Waals surface area (Å²) < 4.78 is 0. The Bertz CT molecular complexity index is 676. The molecule has 0 aliphatic heterocycles. The number of carbonyl (C=O) groups is 1. The summed E-state index contributed by atoms with van der Waals surface area (Å²) in [6.07, 6.45) is 0. The zero-order valence-corrected chi connectivity index (χ0v) is 15.2. The van der Waals surface area contributed by atoms with Crippen LogP contribution >= 0.6 is 11.3 Å². The maximum absolute atomic E-state index is 12.2. The van der Waals surface area contributed by atoms with Crippen LogP contribution in [-0.2, 0) is 4.79 Å². The summed E-state index contributed by atoms with van der Waals surface area (Å²) in [5.74, 6) is -0.223. The highest BCUT2D eigenvalue weighted by atomic mass is 32.1. The third-order valence-electron chi connectivity index (χ3n) is 4.09. The number of carbonyl (C=O) groups excluding carboxylic acids is 1. The molecular weight excluding hydrogens is 306 g/mol. The Kier molecular flexibility index (Phi) is 5.55. The molecule has 0 saturated heterocycles. The van der Waals surface area contributed by atoms with Crippen molar-refractivity contribution in [1.82, 2.24) is 10.3 Å².